The SMILES string of the molecule is CC1(NC2CCCCC2)CN2C=CC=C(OCc3ccccc3)C2=N1. The molecule has 3 aliphatic rings. The Morgan fingerprint density at radius 1 is 1.20 bits per heavy atom. The first-order valence-corrected chi connectivity index (χ1v) is 9.42. The van der Waals surface area contributed by atoms with Gasteiger partial charge in [0.1, 0.15) is 12.3 Å². The van der Waals surface area contributed by atoms with Gasteiger partial charge in [-0.15, -0.1) is 0 Å². The third-order valence-electron chi connectivity index (χ3n) is 5.19. The van der Waals surface area contributed by atoms with E-state index in [-0.39, 0.29) is 5.66 Å². The van der Waals surface area contributed by atoms with E-state index in [1.54, 1.807) is 0 Å². The van der Waals surface area contributed by atoms with Crippen molar-refractivity contribution in [2.75, 3.05) is 6.54 Å². The Morgan fingerprint density at radius 2 is 2.00 bits per heavy atom. The van der Waals surface area contributed by atoms with Crippen LogP contribution < -0.4 is 5.32 Å². The van der Waals surface area contributed by atoms with Gasteiger partial charge >= 0.3 is 0 Å². The highest BCUT2D eigenvalue weighted by molar-refractivity contribution is 6.00. The Bertz CT molecular complexity index is 688. The van der Waals surface area contributed by atoms with Crippen LogP contribution in [0.25, 0.3) is 0 Å². The third-order valence-corrected chi connectivity index (χ3v) is 5.19. The number of aliphatic imine (C=N–C) groups is 1. The fraction of sp³-hybridized carbons (Fsp3) is 0.476. The lowest BCUT2D eigenvalue weighted by Crippen LogP contribution is -2.50. The van der Waals surface area contributed by atoms with Gasteiger partial charge in [-0.1, -0.05) is 49.6 Å². The van der Waals surface area contributed by atoms with E-state index in [4.69, 9.17) is 9.73 Å². The molecule has 1 aliphatic carbocycles. The Hall–Kier alpha value is -2.07. The van der Waals surface area contributed by atoms with Crippen molar-refractivity contribution in [3.8, 4) is 0 Å². The van der Waals surface area contributed by atoms with Crippen LogP contribution in [0, 0.1) is 0 Å². The number of amidine groups is 1. The number of ether oxygens (including phenoxy) is 1. The lowest BCUT2D eigenvalue weighted by atomic mass is 9.94. The van der Waals surface area contributed by atoms with E-state index >= 15 is 0 Å². The van der Waals surface area contributed by atoms with Crippen LogP contribution in [0.3, 0.4) is 0 Å². The second kappa shape index (κ2) is 7.04. The molecule has 0 spiro atoms. The predicted octanol–water partition coefficient (Wildman–Crippen LogP) is 3.97. The Balaban J connectivity index is 1.45. The Labute approximate surface area is 150 Å². The summed E-state index contributed by atoms with van der Waals surface area (Å²) in [5.41, 5.74) is 0.937. The first-order chi connectivity index (χ1) is 12.2. The summed E-state index contributed by atoms with van der Waals surface area (Å²) < 4.78 is 6.08. The zero-order valence-corrected chi connectivity index (χ0v) is 14.9. The summed E-state index contributed by atoms with van der Waals surface area (Å²) in [6, 6.07) is 10.9. The van der Waals surface area contributed by atoms with Crippen LogP contribution in [0.4, 0.5) is 0 Å². The number of nitrogens with one attached hydrogen (secondary N) is 1. The summed E-state index contributed by atoms with van der Waals surface area (Å²) >= 11 is 0. The van der Waals surface area contributed by atoms with Gasteiger partial charge in [0.2, 0.25) is 0 Å². The minimum absolute atomic E-state index is 0.235. The van der Waals surface area contributed by atoms with Crippen molar-refractivity contribution >= 4 is 5.84 Å². The summed E-state index contributed by atoms with van der Waals surface area (Å²) in [5, 5.41) is 3.80. The number of fused-ring (bicyclic) bond motifs is 1. The van der Waals surface area contributed by atoms with Gasteiger partial charge in [0.05, 0.1) is 6.54 Å². The van der Waals surface area contributed by atoms with Crippen LogP contribution in [-0.2, 0) is 11.3 Å². The van der Waals surface area contributed by atoms with E-state index < -0.39 is 0 Å². The van der Waals surface area contributed by atoms with Gasteiger partial charge in [0.15, 0.2) is 11.6 Å². The molecule has 25 heavy (non-hydrogen) atoms. The number of allylic oxidation sites excluding steroid dienone is 2. The van der Waals surface area contributed by atoms with Crippen LogP contribution >= 0.6 is 0 Å². The van der Waals surface area contributed by atoms with E-state index in [2.05, 4.69) is 35.5 Å². The lowest BCUT2D eigenvalue weighted by molar-refractivity contribution is 0.212. The highest BCUT2D eigenvalue weighted by Crippen LogP contribution is 2.28. The number of nitrogens with zero attached hydrogens (tertiary/aromatic N) is 2. The maximum Gasteiger partial charge on any atom is 0.172 e. The number of rotatable bonds is 5. The first kappa shape index (κ1) is 16.4. The zero-order valence-electron chi connectivity index (χ0n) is 14.9. The molecule has 4 rings (SSSR count). The van der Waals surface area contributed by atoms with Gasteiger partial charge in [0, 0.05) is 12.2 Å². The largest absolute Gasteiger partial charge is 0.485 e. The molecule has 1 fully saturated rings. The lowest BCUT2D eigenvalue weighted by Gasteiger charge is -2.32. The van der Waals surface area contributed by atoms with Crippen molar-refractivity contribution in [2.24, 2.45) is 4.99 Å². The smallest absolute Gasteiger partial charge is 0.172 e. The molecule has 1 aromatic rings. The number of hydrogen-bond acceptors (Lipinski definition) is 4. The molecule has 4 nitrogen and oxygen atoms in total. The molecule has 0 aromatic heterocycles. The molecule has 132 valence electrons. The van der Waals surface area contributed by atoms with Crippen molar-refractivity contribution in [3.05, 3.63) is 60.0 Å². The first-order valence-electron chi connectivity index (χ1n) is 9.42. The number of hydrogen-bond donors (Lipinski definition) is 1. The van der Waals surface area contributed by atoms with E-state index in [1.165, 1.54) is 37.7 Å². The molecule has 0 radical (unpaired) electrons. The molecule has 1 unspecified atom stereocenters. The molecule has 1 atom stereocenters. The average Bonchev–Trinajstić information content (AvgIpc) is 2.98. The van der Waals surface area contributed by atoms with Crippen LogP contribution in [-0.4, -0.2) is 29.0 Å². The number of benzene rings is 1. The molecule has 2 heterocycles. The van der Waals surface area contributed by atoms with Crippen LogP contribution in [0.5, 0.6) is 0 Å². The van der Waals surface area contributed by atoms with Crippen LogP contribution in [0.1, 0.15) is 44.6 Å². The quantitative estimate of drug-likeness (QED) is 0.883. The van der Waals surface area contributed by atoms with Crippen molar-refractivity contribution in [2.45, 2.75) is 57.3 Å². The molecular formula is C21H27N3O. The topological polar surface area (TPSA) is 36.9 Å². The van der Waals surface area contributed by atoms with Gasteiger partial charge in [-0.05, 0) is 37.5 Å². The van der Waals surface area contributed by atoms with Crippen molar-refractivity contribution in [1.82, 2.24) is 10.2 Å². The zero-order chi connectivity index (χ0) is 17.1. The molecule has 0 amide bonds. The molecular weight excluding hydrogens is 310 g/mol. The molecule has 1 saturated carbocycles. The van der Waals surface area contributed by atoms with Crippen LogP contribution in [0.15, 0.2) is 59.4 Å². The minimum Gasteiger partial charge on any atom is -0.485 e. The second-order valence-electron chi connectivity index (χ2n) is 7.46. The summed E-state index contributed by atoms with van der Waals surface area (Å²) in [6.45, 7) is 3.64. The predicted molar refractivity (Wildman–Crippen MR) is 101 cm³/mol. The van der Waals surface area contributed by atoms with Crippen LogP contribution in [0.2, 0.25) is 0 Å². The molecule has 2 aliphatic heterocycles. The maximum absolute atomic E-state index is 6.08. The maximum atomic E-state index is 6.08. The molecule has 1 aromatic carbocycles. The van der Waals surface area contributed by atoms with E-state index in [9.17, 15) is 0 Å². The molecule has 4 heteroatoms. The average molecular weight is 337 g/mol. The van der Waals surface area contributed by atoms with Gasteiger partial charge in [-0.3, -0.25) is 5.32 Å². The third kappa shape index (κ3) is 3.79. The molecule has 1 N–H and O–H groups in total. The summed E-state index contributed by atoms with van der Waals surface area (Å²) in [6.07, 6.45) is 12.7. The Kier molecular flexibility index (Phi) is 4.62. The monoisotopic (exact) mass is 337 g/mol. The van der Waals surface area contributed by atoms with Gasteiger partial charge in [-0.25, -0.2) is 4.99 Å². The molecule has 0 saturated heterocycles. The fourth-order valence-electron chi connectivity index (χ4n) is 3.98. The summed E-state index contributed by atoms with van der Waals surface area (Å²) in [5.74, 6) is 1.81. The van der Waals surface area contributed by atoms with Crippen molar-refractivity contribution < 1.29 is 4.74 Å². The highest BCUT2D eigenvalue weighted by atomic mass is 16.5. The van der Waals surface area contributed by atoms with Crippen molar-refractivity contribution in [3.63, 3.8) is 0 Å². The molecule has 0 bridgehead atoms. The standard InChI is InChI=1S/C21H27N3O/c1-21(22-18-11-6-3-7-12-18)16-24-14-8-13-19(20(24)23-21)25-15-17-9-4-2-5-10-17/h2,4-5,8-10,13-14,18,22H,3,6-7,11-12,15-16H2,1H3. The minimum atomic E-state index is -0.235. The highest BCUT2D eigenvalue weighted by Gasteiger charge is 2.38. The summed E-state index contributed by atoms with van der Waals surface area (Å²) in [4.78, 5) is 7.22. The van der Waals surface area contributed by atoms with Crippen molar-refractivity contribution in [1.29, 1.82) is 0 Å². The second-order valence-corrected chi connectivity index (χ2v) is 7.46. The van der Waals surface area contributed by atoms with Gasteiger partial charge in [-0.2, -0.15) is 0 Å². The van der Waals surface area contributed by atoms with E-state index in [0.29, 0.717) is 12.6 Å². The van der Waals surface area contributed by atoms with E-state index in [1.807, 2.05) is 30.4 Å². The van der Waals surface area contributed by atoms with Gasteiger partial charge < -0.3 is 9.64 Å². The Morgan fingerprint density at radius 3 is 2.80 bits per heavy atom. The van der Waals surface area contributed by atoms with Gasteiger partial charge in [0.25, 0.3) is 0 Å². The fourth-order valence-corrected chi connectivity index (χ4v) is 3.98. The van der Waals surface area contributed by atoms with E-state index in [0.717, 1.165) is 18.1 Å². The normalized spacial score (nSPS) is 26.2. The summed E-state index contributed by atoms with van der Waals surface area (Å²) in [7, 11) is 0.